The molecule has 132 valence electrons. The van der Waals surface area contributed by atoms with E-state index < -0.39 is 0 Å². The van der Waals surface area contributed by atoms with Crippen LogP contribution in [0.5, 0.6) is 0 Å². The van der Waals surface area contributed by atoms with E-state index in [1.54, 1.807) is 6.20 Å². The van der Waals surface area contributed by atoms with Crippen LogP contribution in [0.3, 0.4) is 0 Å². The smallest absolute Gasteiger partial charge is 0.137 e. The number of benzene rings is 1. The number of hydrogen-bond donors (Lipinski definition) is 2. The second-order valence-electron chi connectivity index (χ2n) is 6.22. The number of anilines is 1. The molecule has 0 amide bonds. The standard InChI is InChI=1S/C21H16ClN5/c22-19-4-2-1-3-16(19)12-25-20-6-5-14(10-24-20)7-17-13-27-21-18(17)8-15(9-23)11-26-21/h1-6,8,10-11,13H,7,12H2,(H,24,25)(H,26,27). The van der Waals surface area contributed by atoms with E-state index in [1.807, 2.05) is 54.9 Å². The third kappa shape index (κ3) is 3.76. The van der Waals surface area contributed by atoms with E-state index in [1.165, 1.54) is 0 Å². The van der Waals surface area contributed by atoms with E-state index in [2.05, 4.69) is 26.3 Å². The maximum Gasteiger partial charge on any atom is 0.137 e. The molecule has 0 unspecified atom stereocenters. The number of nitrogens with one attached hydrogen (secondary N) is 2. The number of nitrogens with zero attached hydrogens (tertiary/aromatic N) is 3. The summed E-state index contributed by atoms with van der Waals surface area (Å²) in [4.78, 5) is 11.9. The average molecular weight is 374 g/mol. The lowest BCUT2D eigenvalue weighted by Gasteiger charge is -2.08. The van der Waals surface area contributed by atoms with Crippen molar-refractivity contribution in [3.63, 3.8) is 0 Å². The molecule has 0 aliphatic heterocycles. The van der Waals surface area contributed by atoms with Gasteiger partial charge in [-0.2, -0.15) is 5.26 Å². The molecule has 0 saturated heterocycles. The van der Waals surface area contributed by atoms with Crippen LogP contribution in [-0.4, -0.2) is 15.0 Å². The van der Waals surface area contributed by atoms with E-state index in [0.717, 1.165) is 38.6 Å². The lowest BCUT2D eigenvalue weighted by atomic mass is 10.1. The van der Waals surface area contributed by atoms with Gasteiger partial charge in [0.15, 0.2) is 0 Å². The summed E-state index contributed by atoms with van der Waals surface area (Å²) in [6.45, 7) is 0.622. The highest BCUT2D eigenvalue weighted by molar-refractivity contribution is 6.31. The normalized spacial score (nSPS) is 10.7. The van der Waals surface area contributed by atoms with Crippen LogP contribution < -0.4 is 5.32 Å². The van der Waals surface area contributed by atoms with Crippen LogP contribution in [0.2, 0.25) is 5.02 Å². The largest absolute Gasteiger partial charge is 0.366 e. The summed E-state index contributed by atoms with van der Waals surface area (Å²) < 4.78 is 0. The van der Waals surface area contributed by atoms with Crippen molar-refractivity contribution in [1.29, 1.82) is 5.26 Å². The number of aromatic amines is 1. The minimum absolute atomic E-state index is 0.556. The van der Waals surface area contributed by atoms with Gasteiger partial charge in [-0.3, -0.25) is 0 Å². The molecule has 3 heterocycles. The van der Waals surface area contributed by atoms with Crippen LogP contribution in [0.25, 0.3) is 11.0 Å². The van der Waals surface area contributed by atoms with Crippen molar-refractivity contribution in [3.05, 3.63) is 88.3 Å². The maximum atomic E-state index is 9.07. The number of aromatic nitrogens is 3. The molecule has 4 rings (SSSR count). The molecule has 4 aromatic rings. The maximum absolute atomic E-state index is 9.07. The Balaban J connectivity index is 1.47. The molecule has 0 radical (unpaired) electrons. The van der Waals surface area contributed by atoms with Gasteiger partial charge in [0.2, 0.25) is 0 Å². The van der Waals surface area contributed by atoms with Gasteiger partial charge in [0.1, 0.15) is 17.5 Å². The molecular weight excluding hydrogens is 358 g/mol. The van der Waals surface area contributed by atoms with Gasteiger partial charge >= 0.3 is 0 Å². The van der Waals surface area contributed by atoms with E-state index in [-0.39, 0.29) is 0 Å². The Kier molecular flexibility index (Phi) is 4.73. The highest BCUT2D eigenvalue weighted by Gasteiger charge is 2.07. The predicted molar refractivity (Wildman–Crippen MR) is 107 cm³/mol. The number of fused-ring (bicyclic) bond motifs is 1. The lowest BCUT2D eigenvalue weighted by molar-refractivity contribution is 1.09. The first-order valence-corrected chi connectivity index (χ1v) is 8.89. The molecule has 1 aromatic carbocycles. The second kappa shape index (κ2) is 7.48. The summed E-state index contributed by atoms with van der Waals surface area (Å²) in [7, 11) is 0. The quantitative estimate of drug-likeness (QED) is 0.532. The van der Waals surface area contributed by atoms with Crippen molar-refractivity contribution in [1.82, 2.24) is 15.0 Å². The van der Waals surface area contributed by atoms with Crippen LogP contribution in [0.15, 0.2) is 61.1 Å². The van der Waals surface area contributed by atoms with Gasteiger partial charge in [-0.25, -0.2) is 9.97 Å². The molecule has 3 aromatic heterocycles. The number of halogens is 1. The van der Waals surface area contributed by atoms with Crippen molar-refractivity contribution in [3.8, 4) is 6.07 Å². The molecule has 6 heteroatoms. The fourth-order valence-electron chi connectivity index (χ4n) is 2.95. The Morgan fingerprint density at radius 1 is 1.07 bits per heavy atom. The summed E-state index contributed by atoms with van der Waals surface area (Å²) in [5.74, 6) is 0.797. The van der Waals surface area contributed by atoms with Gasteiger partial charge in [-0.15, -0.1) is 0 Å². The highest BCUT2D eigenvalue weighted by Crippen LogP contribution is 2.21. The Hall–Kier alpha value is -3.36. The van der Waals surface area contributed by atoms with Crippen LogP contribution >= 0.6 is 11.6 Å². The molecule has 0 spiro atoms. The summed E-state index contributed by atoms with van der Waals surface area (Å²) in [6.07, 6.45) is 6.08. The fraction of sp³-hybridized carbons (Fsp3) is 0.0952. The first-order chi connectivity index (χ1) is 13.2. The van der Waals surface area contributed by atoms with E-state index in [0.29, 0.717) is 18.5 Å². The lowest BCUT2D eigenvalue weighted by Crippen LogP contribution is -2.02. The van der Waals surface area contributed by atoms with E-state index >= 15 is 0 Å². The Bertz CT molecular complexity index is 1130. The van der Waals surface area contributed by atoms with Gasteiger partial charge in [-0.1, -0.05) is 35.9 Å². The Morgan fingerprint density at radius 2 is 1.96 bits per heavy atom. The van der Waals surface area contributed by atoms with Crippen molar-refractivity contribution in [2.45, 2.75) is 13.0 Å². The minimum atomic E-state index is 0.556. The molecule has 0 aliphatic rings. The van der Waals surface area contributed by atoms with Gasteiger partial charge in [0.25, 0.3) is 0 Å². The average Bonchev–Trinajstić information content (AvgIpc) is 3.10. The van der Waals surface area contributed by atoms with E-state index in [9.17, 15) is 0 Å². The summed E-state index contributed by atoms with van der Waals surface area (Å²) >= 11 is 6.18. The van der Waals surface area contributed by atoms with Crippen LogP contribution in [0, 0.1) is 11.3 Å². The van der Waals surface area contributed by atoms with Gasteiger partial charge in [0.05, 0.1) is 5.56 Å². The van der Waals surface area contributed by atoms with E-state index in [4.69, 9.17) is 16.9 Å². The zero-order valence-corrected chi connectivity index (χ0v) is 15.2. The highest BCUT2D eigenvalue weighted by atomic mass is 35.5. The Morgan fingerprint density at radius 3 is 2.74 bits per heavy atom. The zero-order valence-electron chi connectivity index (χ0n) is 14.4. The monoisotopic (exact) mass is 373 g/mol. The van der Waals surface area contributed by atoms with Crippen molar-refractivity contribution in [2.24, 2.45) is 0 Å². The third-order valence-electron chi connectivity index (χ3n) is 4.38. The number of nitriles is 1. The minimum Gasteiger partial charge on any atom is -0.366 e. The van der Waals surface area contributed by atoms with Crippen molar-refractivity contribution < 1.29 is 0 Å². The first-order valence-electron chi connectivity index (χ1n) is 8.51. The number of hydrogen-bond acceptors (Lipinski definition) is 4. The molecule has 0 saturated carbocycles. The number of pyridine rings is 2. The van der Waals surface area contributed by atoms with Crippen LogP contribution in [0.4, 0.5) is 5.82 Å². The van der Waals surface area contributed by atoms with Crippen molar-refractivity contribution in [2.75, 3.05) is 5.32 Å². The summed E-state index contributed by atoms with van der Waals surface area (Å²) in [5, 5.41) is 14.1. The number of H-pyrrole nitrogens is 1. The first kappa shape index (κ1) is 17.1. The van der Waals surface area contributed by atoms with Gasteiger partial charge in [0, 0.05) is 42.0 Å². The fourth-order valence-corrected chi connectivity index (χ4v) is 3.15. The molecular formula is C21H16ClN5. The second-order valence-corrected chi connectivity index (χ2v) is 6.63. The zero-order chi connectivity index (χ0) is 18.6. The Labute approximate surface area is 161 Å². The molecule has 0 aliphatic carbocycles. The number of rotatable bonds is 5. The van der Waals surface area contributed by atoms with Gasteiger partial charge < -0.3 is 10.3 Å². The molecule has 0 bridgehead atoms. The molecule has 0 atom stereocenters. The molecule has 0 fully saturated rings. The summed E-state index contributed by atoms with van der Waals surface area (Å²) in [5.41, 5.74) is 4.55. The molecule has 27 heavy (non-hydrogen) atoms. The summed E-state index contributed by atoms with van der Waals surface area (Å²) in [6, 6.07) is 15.7. The van der Waals surface area contributed by atoms with Crippen molar-refractivity contribution >= 4 is 28.5 Å². The SMILES string of the molecule is N#Cc1cnc2[nH]cc(Cc3ccc(NCc4ccccc4Cl)nc3)c2c1. The van der Waals surface area contributed by atoms with Gasteiger partial charge in [-0.05, 0) is 34.9 Å². The molecule has 2 N–H and O–H groups in total. The van der Waals surface area contributed by atoms with Crippen LogP contribution in [-0.2, 0) is 13.0 Å². The third-order valence-corrected chi connectivity index (χ3v) is 4.75. The van der Waals surface area contributed by atoms with Crippen LogP contribution in [0.1, 0.15) is 22.3 Å². The predicted octanol–water partition coefficient (Wildman–Crippen LogP) is 4.69. The molecule has 5 nitrogen and oxygen atoms in total. The topological polar surface area (TPSA) is 77.4 Å².